The Morgan fingerprint density at radius 3 is 3.00 bits per heavy atom. The molecule has 1 aliphatic heterocycles. The van der Waals surface area contributed by atoms with Crippen LogP contribution in [0, 0.1) is 27.4 Å². The summed E-state index contributed by atoms with van der Waals surface area (Å²) in [6.45, 7) is 3.94. The normalized spacial score (nSPS) is 19.3. The van der Waals surface area contributed by atoms with Crippen molar-refractivity contribution in [3.8, 4) is 6.07 Å². The van der Waals surface area contributed by atoms with Crippen molar-refractivity contribution in [1.29, 1.82) is 5.26 Å². The minimum atomic E-state index is -0.575. The monoisotopic (exact) mass is 246 g/mol. The Hall–Kier alpha value is -2.16. The number of nitriles is 1. The van der Waals surface area contributed by atoms with Crippen molar-refractivity contribution in [2.24, 2.45) is 5.92 Å². The van der Waals surface area contributed by atoms with Crippen LogP contribution in [0.2, 0.25) is 0 Å². The molecule has 0 N–H and O–H groups in total. The summed E-state index contributed by atoms with van der Waals surface area (Å²) in [7, 11) is 0. The van der Waals surface area contributed by atoms with E-state index >= 15 is 0 Å². The Kier molecular flexibility index (Phi) is 3.42. The molecule has 2 rings (SSSR count). The first-order valence-electron chi connectivity index (χ1n) is 5.92. The van der Waals surface area contributed by atoms with Gasteiger partial charge in [-0.1, -0.05) is 6.92 Å². The Bertz CT molecular complexity index is 509. The zero-order chi connectivity index (χ0) is 13.1. The predicted octanol–water partition coefficient (Wildman–Crippen LogP) is 2.10. The van der Waals surface area contributed by atoms with Crippen LogP contribution in [0.15, 0.2) is 12.1 Å². The summed E-state index contributed by atoms with van der Waals surface area (Å²) in [5, 5.41) is 19.6. The smallest absolute Gasteiger partial charge is 0.305 e. The lowest BCUT2D eigenvalue weighted by molar-refractivity contribution is -0.385. The van der Waals surface area contributed by atoms with Crippen LogP contribution in [0.1, 0.15) is 25.5 Å². The van der Waals surface area contributed by atoms with Crippen molar-refractivity contribution < 1.29 is 4.92 Å². The summed E-state index contributed by atoms with van der Waals surface area (Å²) in [5.74, 6) is 1.24. The van der Waals surface area contributed by atoms with Gasteiger partial charge in [-0.05, 0) is 24.8 Å². The number of aromatic nitrogens is 1. The molecule has 0 aromatic carbocycles. The van der Waals surface area contributed by atoms with Crippen molar-refractivity contribution in [1.82, 2.24) is 4.98 Å². The average molecular weight is 246 g/mol. The summed E-state index contributed by atoms with van der Waals surface area (Å²) >= 11 is 0. The molecule has 1 unspecified atom stereocenters. The van der Waals surface area contributed by atoms with Gasteiger partial charge in [-0.15, -0.1) is 0 Å². The van der Waals surface area contributed by atoms with Crippen LogP contribution in [0.5, 0.6) is 0 Å². The molecule has 1 aromatic heterocycles. The molecule has 94 valence electrons. The third kappa shape index (κ3) is 2.40. The van der Waals surface area contributed by atoms with Crippen molar-refractivity contribution in [3.63, 3.8) is 0 Å². The second-order valence-electron chi connectivity index (χ2n) is 4.60. The maximum atomic E-state index is 10.7. The standard InChI is InChI=1S/C12H14N4O2/c1-9-3-2-6-15(8-9)12-5-4-11(16(17)18)10(7-13)14-12/h4-5,9H,2-3,6,8H2,1H3. The van der Waals surface area contributed by atoms with Crippen LogP contribution in [-0.2, 0) is 0 Å². The van der Waals surface area contributed by atoms with Crippen LogP contribution in [0.3, 0.4) is 0 Å². The number of rotatable bonds is 2. The molecular formula is C12H14N4O2. The van der Waals surface area contributed by atoms with Crippen LogP contribution in [0.25, 0.3) is 0 Å². The first-order chi connectivity index (χ1) is 8.61. The molecule has 1 atom stereocenters. The number of pyridine rings is 1. The largest absolute Gasteiger partial charge is 0.356 e. The van der Waals surface area contributed by atoms with E-state index in [9.17, 15) is 10.1 Å². The van der Waals surface area contributed by atoms with Crippen molar-refractivity contribution >= 4 is 11.5 Å². The second kappa shape index (κ2) is 5.00. The minimum absolute atomic E-state index is 0.115. The van der Waals surface area contributed by atoms with Gasteiger partial charge in [0.1, 0.15) is 11.9 Å². The molecule has 0 bridgehead atoms. The van der Waals surface area contributed by atoms with E-state index < -0.39 is 4.92 Å². The molecule has 2 heterocycles. The van der Waals surface area contributed by atoms with Gasteiger partial charge in [0.15, 0.2) is 0 Å². The molecule has 1 aromatic rings. The summed E-state index contributed by atoms with van der Waals surface area (Å²) in [6, 6.07) is 4.77. The SMILES string of the molecule is CC1CCCN(c2ccc([N+](=O)[O-])c(C#N)n2)C1. The molecule has 18 heavy (non-hydrogen) atoms. The maximum Gasteiger partial charge on any atom is 0.305 e. The number of hydrogen-bond donors (Lipinski definition) is 0. The highest BCUT2D eigenvalue weighted by Gasteiger charge is 2.21. The van der Waals surface area contributed by atoms with E-state index in [1.54, 1.807) is 12.1 Å². The minimum Gasteiger partial charge on any atom is -0.356 e. The van der Waals surface area contributed by atoms with Crippen molar-refractivity contribution in [2.75, 3.05) is 18.0 Å². The fourth-order valence-corrected chi connectivity index (χ4v) is 2.24. The molecule has 6 heteroatoms. The maximum absolute atomic E-state index is 10.7. The number of nitro groups is 1. The predicted molar refractivity (Wildman–Crippen MR) is 66.2 cm³/mol. The topological polar surface area (TPSA) is 83.1 Å². The summed E-state index contributed by atoms with van der Waals surface area (Å²) in [4.78, 5) is 16.3. The van der Waals surface area contributed by atoms with Gasteiger partial charge in [-0.25, -0.2) is 4.98 Å². The summed E-state index contributed by atoms with van der Waals surface area (Å²) in [5.41, 5.74) is -0.345. The summed E-state index contributed by atoms with van der Waals surface area (Å²) < 4.78 is 0. The van der Waals surface area contributed by atoms with Gasteiger partial charge < -0.3 is 4.90 Å². The van der Waals surface area contributed by atoms with Gasteiger partial charge in [0.25, 0.3) is 0 Å². The first-order valence-corrected chi connectivity index (χ1v) is 5.92. The van der Waals surface area contributed by atoms with E-state index in [1.807, 2.05) is 0 Å². The highest BCUT2D eigenvalue weighted by atomic mass is 16.6. The fourth-order valence-electron chi connectivity index (χ4n) is 2.24. The van der Waals surface area contributed by atoms with E-state index in [4.69, 9.17) is 5.26 Å². The summed E-state index contributed by atoms with van der Waals surface area (Å²) in [6.07, 6.45) is 2.27. The van der Waals surface area contributed by atoms with E-state index in [0.29, 0.717) is 11.7 Å². The van der Waals surface area contributed by atoms with Gasteiger partial charge in [0.2, 0.25) is 5.69 Å². The molecule has 0 spiro atoms. The molecule has 6 nitrogen and oxygen atoms in total. The molecule has 0 radical (unpaired) electrons. The molecule has 1 fully saturated rings. The van der Waals surface area contributed by atoms with Crippen LogP contribution in [0.4, 0.5) is 11.5 Å². The van der Waals surface area contributed by atoms with Gasteiger partial charge in [0, 0.05) is 19.2 Å². The van der Waals surface area contributed by atoms with Crippen LogP contribution >= 0.6 is 0 Å². The third-order valence-electron chi connectivity index (χ3n) is 3.14. The van der Waals surface area contributed by atoms with Crippen molar-refractivity contribution in [3.05, 3.63) is 27.9 Å². The van der Waals surface area contributed by atoms with E-state index in [-0.39, 0.29) is 11.4 Å². The number of hydrogen-bond acceptors (Lipinski definition) is 5. The van der Waals surface area contributed by atoms with Crippen molar-refractivity contribution in [2.45, 2.75) is 19.8 Å². The van der Waals surface area contributed by atoms with Gasteiger partial charge in [0.05, 0.1) is 4.92 Å². The third-order valence-corrected chi connectivity index (χ3v) is 3.14. The first kappa shape index (κ1) is 12.3. The van der Waals surface area contributed by atoms with Gasteiger partial charge in [-0.2, -0.15) is 5.26 Å². The fraction of sp³-hybridized carbons (Fsp3) is 0.500. The Morgan fingerprint density at radius 1 is 1.61 bits per heavy atom. The average Bonchev–Trinajstić information content (AvgIpc) is 2.37. The zero-order valence-corrected chi connectivity index (χ0v) is 10.2. The molecule has 0 saturated carbocycles. The second-order valence-corrected chi connectivity index (χ2v) is 4.60. The Morgan fingerprint density at radius 2 is 2.39 bits per heavy atom. The quantitative estimate of drug-likeness (QED) is 0.589. The lowest BCUT2D eigenvalue weighted by Gasteiger charge is -2.31. The molecular weight excluding hydrogens is 232 g/mol. The molecule has 1 aliphatic rings. The molecule has 1 saturated heterocycles. The van der Waals surface area contributed by atoms with Crippen LogP contribution < -0.4 is 4.90 Å². The number of nitrogens with zero attached hydrogens (tertiary/aromatic N) is 4. The number of piperidine rings is 1. The highest BCUT2D eigenvalue weighted by Crippen LogP contribution is 2.24. The molecule has 0 aliphatic carbocycles. The lowest BCUT2D eigenvalue weighted by Crippen LogP contribution is -2.34. The molecule has 0 amide bonds. The van der Waals surface area contributed by atoms with Gasteiger partial charge >= 0.3 is 5.69 Å². The van der Waals surface area contributed by atoms with E-state index in [1.165, 1.54) is 12.5 Å². The van der Waals surface area contributed by atoms with E-state index in [2.05, 4.69) is 16.8 Å². The Balaban J connectivity index is 2.30. The number of anilines is 1. The lowest BCUT2D eigenvalue weighted by atomic mass is 10.0. The Labute approximate surface area is 105 Å². The van der Waals surface area contributed by atoms with Gasteiger partial charge in [-0.3, -0.25) is 10.1 Å². The zero-order valence-electron chi connectivity index (χ0n) is 10.2. The van der Waals surface area contributed by atoms with Crippen LogP contribution in [-0.4, -0.2) is 23.0 Å². The highest BCUT2D eigenvalue weighted by molar-refractivity contribution is 5.51. The van der Waals surface area contributed by atoms with E-state index in [0.717, 1.165) is 19.5 Å².